The number of hydrogen-bond donors (Lipinski definition) is 2. The zero-order valence-electron chi connectivity index (χ0n) is 7.70. The number of hydrogen-bond acceptors (Lipinski definition) is 4. The zero-order chi connectivity index (χ0) is 9.26. The van der Waals surface area contributed by atoms with E-state index >= 15 is 0 Å². The monoisotopic (exact) mass is 178 g/mol. The highest BCUT2D eigenvalue weighted by molar-refractivity contribution is 5.44. The number of nitrogens with two attached hydrogens (primary N) is 1. The van der Waals surface area contributed by atoms with Crippen LogP contribution in [0.15, 0.2) is 12.4 Å². The lowest BCUT2D eigenvalue weighted by molar-refractivity contribution is 0.303. The molecule has 2 unspecified atom stereocenters. The molecule has 0 aliphatic heterocycles. The summed E-state index contributed by atoms with van der Waals surface area (Å²) in [5.74, 6) is 2.10. The second-order valence-corrected chi connectivity index (χ2v) is 3.63. The molecule has 1 fully saturated rings. The molecule has 1 saturated carbocycles. The Morgan fingerprint density at radius 2 is 2.31 bits per heavy atom. The number of anilines is 2. The lowest BCUT2D eigenvalue weighted by atomic mass is 9.81. The third-order valence-electron chi connectivity index (χ3n) is 2.64. The van der Waals surface area contributed by atoms with Crippen molar-refractivity contribution < 1.29 is 0 Å². The van der Waals surface area contributed by atoms with E-state index in [1.807, 2.05) is 0 Å². The van der Waals surface area contributed by atoms with Gasteiger partial charge >= 0.3 is 0 Å². The first-order valence-corrected chi connectivity index (χ1v) is 4.60. The molecule has 1 aliphatic carbocycles. The highest BCUT2D eigenvalue weighted by atomic mass is 15.1. The minimum absolute atomic E-state index is 0.518. The van der Waals surface area contributed by atoms with Gasteiger partial charge < -0.3 is 11.1 Å². The molecule has 0 amide bonds. The van der Waals surface area contributed by atoms with Gasteiger partial charge in [0.15, 0.2) is 0 Å². The van der Waals surface area contributed by atoms with Gasteiger partial charge in [0.05, 0.1) is 0 Å². The van der Waals surface area contributed by atoms with Gasteiger partial charge in [0.25, 0.3) is 0 Å². The van der Waals surface area contributed by atoms with Crippen LogP contribution in [0.2, 0.25) is 0 Å². The van der Waals surface area contributed by atoms with Gasteiger partial charge in [-0.05, 0) is 18.8 Å². The number of nitrogens with one attached hydrogen (secondary N) is 1. The van der Waals surface area contributed by atoms with Crippen LogP contribution in [0.3, 0.4) is 0 Å². The standard InChI is InChI=1S/C9H14N4/c1-6-2-3-7(6)13-9-4-8(10)11-5-12-9/h4-7H,2-3H2,1H3,(H3,10,11,12,13). The molecule has 70 valence electrons. The van der Waals surface area contributed by atoms with E-state index in [1.165, 1.54) is 19.2 Å². The molecule has 1 aromatic heterocycles. The summed E-state index contributed by atoms with van der Waals surface area (Å²) in [5, 5.41) is 3.34. The molecule has 1 aliphatic rings. The maximum atomic E-state index is 5.54. The molecule has 1 heterocycles. The highest BCUT2D eigenvalue weighted by Gasteiger charge is 2.26. The van der Waals surface area contributed by atoms with E-state index in [0.717, 1.165) is 11.7 Å². The van der Waals surface area contributed by atoms with Gasteiger partial charge in [-0.1, -0.05) is 6.92 Å². The smallest absolute Gasteiger partial charge is 0.131 e. The summed E-state index contributed by atoms with van der Waals surface area (Å²) >= 11 is 0. The Hall–Kier alpha value is -1.32. The Balaban J connectivity index is 2.01. The molecular weight excluding hydrogens is 164 g/mol. The molecule has 0 saturated heterocycles. The molecule has 1 aromatic rings. The minimum atomic E-state index is 0.518. The first-order valence-electron chi connectivity index (χ1n) is 4.60. The van der Waals surface area contributed by atoms with Crippen LogP contribution in [0, 0.1) is 5.92 Å². The van der Waals surface area contributed by atoms with Gasteiger partial charge in [0, 0.05) is 12.1 Å². The van der Waals surface area contributed by atoms with Crippen LogP contribution in [0.1, 0.15) is 19.8 Å². The van der Waals surface area contributed by atoms with E-state index in [-0.39, 0.29) is 0 Å². The van der Waals surface area contributed by atoms with Gasteiger partial charge in [0.2, 0.25) is 0 Å². The van der Waals surface area contributed by atoms with E-state index < -0.39 is 0 Å². The number of rotatable bonds is 2. The average Bonchev–Trinajstić information content (AvgIpc) is 2.12. The third kappa shape index (κ3) is 1.71. The van der Waals surface area contributed by atoms with Crippen molar-refractivity contribution in [1.82, 2.24) is 9.97 Å². The normalized spacial score (nSPS) is 26.5. The quantitative estimate of drug-likeness (QED) is 0.715. The fourth-order valence-electron chi connectivity index (χ4n) is 1.52. The lowest BCUT2D eigenvalue weighted by Gasteiger charge is -2.34. The van der Waals surface area contributed by atoms with E-state index in [4.69, 9.17) is 5.73 Å². The van der Waals surface area contributed by atoms with Gasteiger partial charge in [-0.25, -0.2) is 9.97 Å². The Morgan fingerprint density at radius 3 is 2.85 bits per heavy atom. The van der Waals surface area contributed by atoms with Gasteiger partial charge in [0.1, 0.15) is 18.0 Å². The van der Waals surface area contributed by atoms with Crippen LogP contribution < -0.4 is 11.1 Å². The maximum Gasteiger partial charge on any atom is 0.131 e. The second-order valence-electron chi connectivity index (χ2n) is 3.63. The minimum Gasteiger partial charge on any atom is -0.384 e. The second kappa shape index (κ2) is 3.20. The summed E-state index contributed by atoms with van der Waals surface area (Å²) in [5.41, 5.74) is 5.54. The zero-order valence-corrected chi connectivity index (χ0v) is 7.70. The number of nitrogen functional groups attached to an aromatic ring is 1. The van der Waals surface area contributed by atoms with Crippen molar-refractivity contribution in [3.05, 3.63) is 12.4 Å². The van der Waals surface area contributed by atoms with Crippen molar-refractivity contribution in [3.63, 3.8) is 0 Å². The largest absolute Gasteiger partial charge is 0.384 e. The van der Waals surface area contributed by atoms with E-state index in [2.05, 4.69) is 22.2 Å². The topological polar surface area (TPSA) is 63.8 Å². The highest BCUT2D eigenvalue weighted by Crippen LogP contribution is 2.29. The third-order valence-corrected chi connectivity index (χ3v) is 2.64. The first-order chi connectivity index (χ1) is 6.25. The molecule has 0 bridgehead atoms. The summed E-state index contributed by atoms with van der Waals surface area (Å²) in [7, 11) is 0. The fraction of sp³-hybridized carbons (Fsp3) is 0.556. The molecule has 2 atom stereocenters. The van der Waals surface area contributed by atoms with E-state index in [1.54, 1.807) is 6.07 Å². The summed E-state index contributed by atoms with van der Waals surface area (Å²) < 4.78 is 0. The van der Waals surface area contributed by atoms with Crippen molar-refractivity contribution in [2.45, 2.75) is 25.8 Å². The average molecular weight is 178 g/mol. The predicted octanol–water partition coefficient (Wildman–Crippen LogP) is 1.27. The summed E-state index contributed by atoms with van der Waals surface area (Å²) in [6, 6.07) is 2.33. The van der Waals surface area contributed by atoms with E-state index in [0.29, 0.717) is 11.9 Å². The maximum absolute atomic E-state index is 5.54. The SMILES string of the molecule is CC1CCC1Nc1cc(N)ncn1. The molecule has 4 heteroatoms. The molecule has 3 N–H and O–H groups in total. The van der Waals surface area contributed by atoms with Gasteiger partial charge in [-0.2, -0.15) is 0 Å². The predicted molar refractivity (Wildman–Crippen MR) is 52.3 cm³/mol. The van der Waals surface area contributed by atoms with Crippen LogP contribution in [0.5, 0.6) is 0 Å². The number of nitrogens with zero attached hydrogens (tertiary/aromatic N) is 2. The fourth-order valence-corrected chi connectivity index (χ4v) is 1.52. The molecule has 0 aromatic carbocycles. The van der Waals surface area contributed by atoms with Crippen LogP contribution in [0.25, 0.3) is 0 Å². The molecule has 0 spiro atoms. The molecule has 13 heavy (non-hydrogen) atoms. The van der Waals surface area contributed by atoms with Crippen molar-refractivity contribution in [2.75, 3.05) is 11.1 Å². The molecule has 2 rings (SSSR count). The van der Waals surface area contributed by atoms with Crippen LogP contribution >= 0.6 is 0 Å². The summed E-state index contributed by atoms with van der Waals surface area (Å²) in [6.07, 6.45) is 4.02. The summed E-state index contributed by atoms with van der Waals surface area (Å²) in [6.45, 7) is 2.24. The Kier molecular flexibility index (Phi) is 2.04. The van der Waals surface area contributed by atoms with Crippen LogP contribution in [0.4, 0.5) is 11.6 Å². The van der Waals surface area contributed by atoms with Crippen molar-refractivity contribution in [2.24, 2.45) is 5.92 Å². The van der Waals surface area contributed by atoms with Gasteiger partial charge in [-0.3, -0.25) is 0 Å². The first kappa shape index (κ1) is 8.29. The van der Waals surface area contributed by atoms with Crippen molar-refractivity contribution in [1.29, 1.82) is 0 Å². The van der Waals surface area contributed by atoms with Crippen molar-refractivity contribution >= 4 is 11.6 Å². The lowest BCUT2D eigenvalue weighted by Crippen LogP contribution is -2.36. The van der Waals surface area contributed by atoms with Crippen molar-refractivity contribution in [3.8, 4) is 0 Å². The summed E-state index contributed by atoms with van der Waals surface area (Å²) in [4.78, 5) is 7.93. The molecule has 0 radical (unpaired) electrons. The van der Waals surface area contributed by atoms with Crippen LogP contribution in [-0.4, -0.2) is 16.0 Å². The molecule has 4 nitrogen and oxygen atoms in total. The van der Waals surface area contributed by atoms with Gasteiger partial charge in [-0.15, -0.1) is 0 Å². The Morgan fingerprint density at radius 1 is 1.46 bits per heavy atom. The Bertz CT molecular complexity index is 299. The van der Waals surface area contributed by atoms with E-state index in [9.17, 15) is 0 Å². The number of aromatic nitrogens is 2. The van der Waals surface area contributed by atoms with Crippen LogP contribution in [-0.2, 0) is 0 Å². The molecular formula is C9H14N4. The Labute approximate surface area is 77.6 Å².